The summed E-state index contributed by atoms with van der Waals surface area (Å²) in [6.07, 6.45) is -0.947. The number of aliphatic hydroxyl groups excluding tert-OH is 1. The van der Waals surface area contributed by atoms with Crippen LogP contribution in [-0.2, 0) is 0 Å². The van der Waals surface area contributed by atoms with Gasteiger partial charge in [0, 0.05) is 30.9 Å². The highest BCUT2D eigenvalue weighted by molar-refractivity contribution is 6.30. The van der Waals surface area contributed by atoms with Crippen molar-refractivity contribution in [2.45, 2.75) is 19.0 Å². The SMILES string of the molecule is COc1nc(N2CC[C@@H](O)C2)cc2c1c(=O)n(-c1cncc(C(F)F)c1)c(=O)n2-c1ccc(F)c(Cl)c1. The molecule has 1 saturated heterocycles. The summed E-state index contributed by atoms with van der Waals surface area (Å²) in [5, 5.41) is 9.57. The van der Waals surface area contributed by atoms with E-state index in [2.05, 4.69) is 9.97 Å². The fourth-order valence-corrected chi connectivity index (χ4v) is 4.50. The number of benzene rings is 1. The average Bonchev–Trinajstić information content (AvgIpc) is 3.32. The number of hydrogen-bond acceptors (Lipinski definition) is 7. The van der Waals surface area contributed by atoms with Crippen LogP contribution in [-0.4, -0.2) is 50.5 Å². The van der Waals surface area contributed by atoms with E-state index in [0.717, 1.165) is 29.1 Å². The van der Waals surface area contributed by atoms with Crippen LogP contribution in [0.15, 0.2) is 52.3 Å². The van der Waals surface area contributed by atoms with E-state index in [-0.39, 0.29) is 39.7 Å². The van der Waals surface area contributed by atoms with Gasteiger partial charge < -0.3 is 14.7 Å². The number of halogens is 4. The summed E-state index contributed by atoms with van der Waals surface area (Å²) >= 11 is 6.00. The van der Waals surface area contributed by atoms with E-state index >= 15 is 0 Å². The normalized spacial score (nSPS) is 15.6. The van der Waals surface area contributed by atoms with Crippen molar-refractivity contribution in [3.8, 4) is 17.3 Å². The number of alkyl halides is 2. The average molecular weight is 534 g/mol. The van der Waals surface area contributed by atoms with E-state index in [9.17, 15) is 27.9 Å². The molecule has 4 aromatic rings. The van der Waals surface area contributed by atoms with Gasteiger partial charge >= 0.3 is 5.69 Å². The fourth-order valence-electron chi connectivity index (χ4n) is 4.32. The summed E-state index contributed by atoms with van der Waals surface area (Å²) < 4.78 is 47.9. The molecule has 1 fully saturated rings. The molecule has 1 aromatic carbocycles. The molecule has 0 amide bonds. The van der Waals surface area contributed by atoms with Crippen LogP contribution in [0.2, 0.25) is 5.02 Å². The zero-order valence-electron chi connectivity index (χ0n) is 19.2. The smallest absolute Gasteiger partial charge is 0.340 e. The van der Waals surface area contributed by atoms with Gasteiger partial charge in [-0.2, -0.15) is 4.98 Å². The standard InChI is InChI=1S/C24H19ClF3N5O4/c1-37-22-20-18(8-19(30-22)31-5-4-15(34)11-31)32(13-2-3-17(26)16(25)7-13)24(36)33(23(20)35)14-6-12(21(27)28)9-29-10-14/h2-3,6-10,15,21,34H,4-5,11H2,1H3/t15-/m1/s1. The van der Waals surface area contributed by atoms with Gasteiger partial charge in [-0.25, -0.2) is 22.5 Å². The predicted molar refractivity (Wildman–Crippen MR) is 130 cm³/mol. The number of nitrogens with zero attached hydrogens (tertiary/aromatic N) is 5. The Balaban J connectivity index is 1.90. The third-order valence-corrected chi connectivity index (χ3v) is 6.38. The fraction of sp³-hybridized carbons (Fsp3) is 0.250. The molecule has 1 aliphatic rings. The first-order chi connectivity index (χ1) is 17.7. The van der Waals surface area contributed by atoms with Crippen LogP contribution in [0.3, 0.4) is 0 Å². The van der Waals surface area contributed by atoms with Crippen LogP contribution in [0.25, 0.3) is 22.3 Å². The minimum atomic E-state index is -2.89. The summed E-state index contributed by atoms with van der Waals surface area (Å²) in [6, 6.07) is 6.01. The van der Waals surface area contributed by atoms with Gasteiger partial charge in [0.15, 0.2) is 0 Å². The van der Waals surface area contributed by atoms with Gasteiger partial charge in [0.05, 0.1) is 41.3 Å². The largest absolute Gasteiger partial charge is 0.480 e. The number of anilines is 1. The molecule has 3 aromatic heterocycles. The first-order valence-corrected chi connectivity index (χ1v) is 11.5. The number of hydrogen-bond donors (Lipinski definition) is 1. The number of pyridine rings is 2. The molecule has 192 valence electrons. The molecule has 9 nitrogen and oxygen atoms in total. The van der Waals surface area contributed by atoms with Gasteiger partial charge in [0.2, 0.25) is 5.88 Å². The maximum absolute atomic E-state index is 14.0. The summed E-state index contributed by atoms with van der Waals surface area (Å²) in [6.45, 7) is 0.746. The Morgan fingerprint density at radius 1 is 1.14 bits per heavy atom. The van der Waals surface area contributed by atoms with Crippen molar-refractivity contribution in [2.75, 3.05) is 25.1 Å². The van der Waals surface area contributed by atoms with Crippen molar-refractivity contribution in [1.29, 1.82) is 0 Å². The summed E-state index contributed by atoms with van der Waals surface area (Å²) in [5.74, 6) is -0.524. The van der Waals surface area contributed by atoms with E-state index in [1.807, 2.05) is 0 Å². The summed E-state index contributed by atoms with van der Waals surface area (Å²) in [7, 11) is 1.29. The van der Waals surface area contributed by atoms with E-state index < -0.39 is 35.2 Å². The van der Waals surface area contributed by atoms with E-state index in [0.29, 0.717) is 23.4 Å². The number of aromatic nitrogens is 4. The lowest BCUT2D eigenvalue weighted by Gasteiger charge is -2.21. The Morgan fingerprint density at radius 3 is 2.57 bits per heavy atom. The highest BCUT2D eigenvalue weighted by Crippen LogP contribution is 2.30. The van der Waals surface area contributed by atoms with Crippen LogP contribution in [0, 0.1) is 5.82 Å². The summed E-state index contributed by atoms with van der Waals surface area (Å²) in [5.41, 5.74) is -2.34. The lowest BCUT2D eigenvalue weighted by atomic mass is 10.2. The molecule has 0 radical (unpaired) electrons. The minimum Gasteiger partial charge on any atom is -0.480 e. The Bertz CT molecular complexity index is 1640. The minimum absolute atomic E-state index is 0.0649. The zero-order valence-corrected chi connectivity index (χ0v) is 20.0. The van der Waals surface area contributed by atoms with Crippen LogP contribution in [0.1, 0.15) is 18.4 Å². The van der Waals surface area contributed by atoms with Crippen molar-refractivity contribution in [2.24, 2.45) is 0 Å². The highest BCUT2D eigenvalue weighted by Gasteiger charge is 2.26. The maximum atomic E-state index is 14.0. The van der Waals surface area contributed by atoms with Crippen molar-refractivity contribution in [1.82, 2.24) is 19.1 Å². The number of aliphatic hydroxyl groups is 1. The molecule has 1 atom stereocenters. The van der Waals surface area contributed by atoms with Gasteiger partial charge in [0.25, 0.3) is 12.0 Å². The molecule has 0 bridgehead atoms. The van der Waals surface area contributed by atoms with E-state index in [1.54, 1.807) is 4.90 Å². The zero-order chi connectivity index (χ0) is 26.4. The quantitative estimate of drug-likeness (QED) is 0.420. The third kappa shape index (κ3) is 4.31. The van der Waals surface area contributed by atoms with Crippen molar-refractivity contribution >= 4 is 28.3 Å². The molecule has 0 aliphatic carbocycles. The molecule has 4 heterocycles. The Kier molecular flexibility index (Phi) is 6.38. The molecule has 0 spiro atoms. The van der Waals surface area contributed by atoms with Crippen LogP contribution < -0.4 is 20.9 Å². The van der Waals surface area contributed by atoms with Gasteiger partial charge in [-0.3, -0.25) is 14.3 Å². The number of β-amino-alcohol motifs (C(OH)–C–C–N with tert-alkyl or cyclic N) is 1. The van der Waals surface area contributed by atoms with Crippen LogP contribution >= 0.6 is 11.6 Å². The number of ether oxygens (including phenoxy) is 1. The first-order valence-electron chi connectivity index (χ1n) is 11.1. The second-order valence-electron chi connectivity index (χ2n) is 8.41. The Morgan fingerprint density at radius 2 is 1.92 bits per heavy atom. The van der Waals surface area contributed by atoms with Gasteiger partial charge in [-0.1, -0.05) is 11.6 Å². The van der Waals surface area contributed by atoms with Gasteiger partial charge in [0.1, 0.15) is 17.0 Å². The summed E-state index contributed by atoms with van der Waals surface area (Å²) in [4.78, 5) is 37.4. The Hall–Kier alpha value is -3.90. The van der Waals surface area contributed by atoms with Crippen molar-refractivity contribution in [3.05, 3.63) is 80.0 Å². The monoisotopic (exact) mass is 533 g/mol. The molecule has 37 heavy (non-hydrogen) atoms. The second kappa shape index (κ2) is 9.52. The molecular weight excluding hydrogens is 515 g/mol. The van der Waals surface area contributed by atoms with E-state index in [1.165, 1.54) is 25.3 Å². The number of rotatable bonds is 5. The van der Waals surface area contributed by atoms with Crippen LogP contribution in [0.5, 0.6) is 5.88 Å². The predicted octanol–water partition coefficient (Wildman–Crippen LogP) is 3.24. The van der Waals surface area contributed by atoms with Gasteiger partial charge in [-0.15, -0.1) is 0 Å². The molecule has 5 rings (SSSR count). The third-order valence-electron chi connectivity index (χ3n) is 6.09. The van der Waals surface area contributed by atoms with Gasteiger partial charge in [-0.05, 0) is 30.7 Å². The second-order valence-corrected chi connectivity index (χ2v) is 8.81. The Labute approximate surface area is 212 Å². The molecule has 0 saturated carbocycles. The number of fused-ring (bicyclic) bond motifs is 1. The molecule has 1 N–H and O–H groups in total. The molecule has 13 heteroatoms. The van der Waals surface area contributed by atoms with Crippen molar-refractivity contribution in [3.63, 3.8) is 0 Å². The maximum Gasteiger partial charge on any atom is 0.340 e. The number of methoxy groups -OCH3 is 1. The van der Waals surface area contributed by atoms with Crippen molar-refractivity contribution < 1.29 is 23.0 Å². The molecule has 0 unspecified atom stereocenters. The first kappa shape index (κ1) is 24.8. The topological polar surface area (TPSA) is 102 Å². The molecular formula is C24H19ClF3N5O4. The van der Waals surface area contributed by atoms with Crippen LogP contribution in [0.4, 0.5) is 19.0 Å². The lowest BCUT2D eigenvalue weighted by molar-refractivity contribution is 0.151. The lowest BCUT2D eigenvalue weighted by Crippen LogP contribution is -2.39. The highest BCUT2D eigenvalue weighted by atomic mass is 35.5. The molecule has 1 aliphatic heterocycles. The van der Waals surface area contributed by atoms with E-state index in [4.69, 9.17) is 16.3 Å².